The first-order valence-electron chi connectivity index (χ1n) is 7.99. The average molecular weight is 275 g/mol. The highest BCUT2D eigenvalue weighted by Crippen LogP contribution is 2.32. The summed E-state index contributed by atoms with van der Waals surface area (Å²) in [4.78, 5) is 0. The second-order valence-electron chi connectivity index (χ2n) is 6.79. The number of anilines is 1. The lowest BCUT2D eigenvalue weighted by molar-refractivity contribution is 0.242. The highest BCUT2D eigenvalue weighted by molar-refractivity contribution is 5.54. The van der Waals surface area contributed by atoms with Gasteiger partial charge < -0.3 is 10.1 Å². The zero-order chi connectivity index (χ0) is 14.7. The van der Waals surface area contributed by atoms with Crippen LogP contribution in [0.2, 0.25) is 0 Å². The van der Waals surface area contributed by atoms with E-state index in [1.807, 2.05) is 0 Å². The van der Waals surface area contributed by atoms with E-state index >= 15 is 0 Å². The second kappa shape index (κ2) is 6.51. The molecule has 1 saturated carbocycles. The highest BCUT2D eigenvalue weighted by atomic mass is 16.5. The number of aryl methyl sites for hydroxylation is 1. The summed E-state index contributed by atoms with van der Waals surface area (Å²) in [5.74, 6) is 2.60. The molecule has 3 atom stereocenters. The van der Waals surface area contributed by atoms with Crippen LogP contribution < -0.4 is 10.1 Å². The maximum absolute atomic E-state index is 5.75. The van der Waals surface area contributed by atoms with Crippen molar-refractivity contribution in [2.24, 2.45) is 11.8 Å². The molecule has 1 aliphatic rings. The molecule has 0 aromatic heterocycles. The third-order valence-electron chi connectivity index (χ3n) is 4.34. The third kappa shape index (κ3) is 3.91. The first-order valence-corrected chi connectivity index (χ1v) is 7.99. The minimum atomic E-state index is 0.230. The van der Waals surface area contributed by atoms with Crippen molar-refractivity contribution in [2.75, 3.05) is 5.32 Å². The van der Waals surface area contributed by atoms with Crippen molar-refractivity contribution >= 4 is 5.69 Å². The van der Waals surface area contributed by atoms with Gasteiger partial charge in [-0.2, -0.15) is 0 Å². The predicted molar refractivity (Wildman–Crippen MR) is 86.5 cm³/mol. The molecule has 1 aromatic carbocycles. The number of nitrogens with one attached hydrogen (secondary N) is 1. The largest absolute Gasteiger partial charge is 0.491 e. The Kier molecular flexibility index (Phi) is 4.95. The van der Waals surface area contributed by atoms with Gasteiger partial charge in [0.15, 0.2) is 0 Å². The molecule has 3 unspecified atom stereocenters. The fraction of sp³-hybridized carbons (Fsp3) is 0.667. The summed E-state index contributed by atoms with van der Waals surface area (Å²) >= 11 is 0. The van der Waals surface area contributed by atoms with Crippen LogP contribution in [0.5, 0.6) is 5.75 Å². The van der Waals surface area contributed by atoms with Crippen LogP contribution in [0.4, 0.5) is 5.69 Å². The number of ether oxygens (including phenoxy) is 1. The molecule has 112 valence electrons. The maximum atomic E-state index is 5.75. The van der Waals surface area contributed by atoms with E-state index in [1.54, 1.807) is 0 Å². The molecule has 0 heterocycles. The molecule has 1 N–H and O–H groups in total. The molecule has 1 aliphatic carbocycles. The minimum Gasteiger partial charge on any atom is -0.491 e. The maximum Gasteiger partial charge on any atom is 0.120 e. The molecule has 0 amide bonds. The molecule has 20 heavy (non-hydrogen) atoms. The van der Waals surface area contributed by atoms with Crippen LogP contribution in [-0.4, -0.2) is 12.1 Å². The van der Waals surface area contributed by atoms with Gasteiger partial charge in [0.05, 0.1) is 6.10 Å². The normalized spacial score (nSPS) is 26.6. The van der Waals surface area contributed by atoms with Gasteiger partial charge >= 0.3 is 0 Å². The van der Waals surface area contributed by atoms with Gasteiger partial charge in [0, 0.05) is 11.7 Å². The lowest BCUT2D eigenvalue weighted by Crippen LogP contribution is -2.33. The Morgan fingerprint density at radius 3 is 2.55 bits per heavy atom. The van der Waals surface area contributed by atoms with Gasteiger partial charge in [-0.3, -0.25) is 0 Å². The van der Waals surface area contributed by atoms with Gasteiger partial charge in [-0.05, 0) is 75.6 Å². The van der Waals surface area contributed by atoms with Gasteiger partial charge in [-0.1, -0.05) is 13.8 Å². The zero-order valence-corrected chi connectivity index (χ0v) is 13.6. The van der Waals surface area contributed by atoms with E-state index in [9.17, 15) is 0 Å². The van der Waals surface area contributed by atoms with Gasteiger partial charge in [0.25, 0.3) is 0 Å². The molecule has 2 rings (SSSR count). The molecule has 0 spiro atoms. The summed E-state index contributed by atoms with van der Waals surface area (Å²) in [5, 5.41) is 3.74. The van der Waals surface area contributed by atoms with Crippen LogP contribution in [0.25, 0.3) is 0 Å². The molecule has 1 aromatic rings. The van der Waals surface area contributed by atoms with Crippen LogP contribution >= 0.6 is 0 Å². The fourth-order valence-electron chi connectivity index (χ4n) is 3.22. The van der Waals surface area contributed by atoms with E-state index in [-0.39, 0.29) is 6.10 Å². The quantitative estimate of drug-likeness (QED) is 0.833. The molecule has 2 heteroatoms. The Bertz CT molecular complexity index is 441. The van der Waals surface area contributed by atoms with Crippen molar-refractivity contribution in [3.05, 3.63) is 23.8 Å². The Morgan fingerprint density at radius 2 is 1.95 bits per heavy atom. The molecular weight excluding hydrogens is 246 g/mol. The first kappa shape index (κ1) is 15.2. The van der Waals surface area contributed by atoms with Gasteiger partial charge in [0.2, 0.25) is 0 Å². The predicted octanol–water partition coefficient (Wildman–Crippen LogP) is 5.02. The van der Waals surface area contributed by atoms with E-state index in [0.29, 0.717) is 6.04 Å². The summed E-state index contributed by atoms with van der Waals surface area (Å²) < 4.78 is 5.75. The molecule has 0 radical (unpaired) electrons. The summed E-state index contributed by atoms with van der Waals surface area (Å²) in [6.45, 7) is 11.0. The molecule has 1 fully saturated rings. The highest BCUT2D eigenvalue weighted by Gasteiger charge is 2.25. The van der Waals surface area contributed by atoms with Crippen molar-refractivity contribution in [3.8, 4) is 5.75 Å². The van der Waals surface area contributed by atoms with Crippen molar-refractivity contribution < 1.29 is 4.74 Å². The minimum absolute atomic E-state index is 0.230. The fourth-order valence-corrected chi connectivity index (χ4v) is 3.22. The van der Waals surface area contributed by atoms with Crippen LogP contribution in [0.3, 0.4) is 0 Å². The molecular formula is C18H29NO. The SMILES string of the molecule is Cc1cc(OC(C)C)ccc1NC1CCC(C)CC1C. The van der Waals surface area contributed by atoms with E-state index in [1.165, 1.54) is 30.5 Å². The van der Waals surface area contributed by atoms with E-state index in [2.05, 4.69) is 58.1 Å². The Morgan fingerprint density at radius 1 is 1.20 bits per heavy atom. The van der Waals surface area contributed by atoms with Gasteiger partial charge in [0.1, 0.15) is 5.75 Å². The van der Waals surface area contributed by atoms with E-state index in [0.717, 1.165) is 17.6 Å². The lowest BCUT2D eigenvalue weighted by atomic mass is 9.80. The third-order valence-corrected chi connectivity index (χ3v) is 4.34. The Hall–Kier alpha value is -1.18. The van der Waals surface area contributed by atoms with E-state index in [4.69, 9.17) is 4.74 Å². The molecule has 0 aliphatic heterocycles. The first-order chi connectivity index (χ1) is 9.45. The number of hydrogen-bond acceptors (Lipinski definition) is 2. The van der Waals surface area contributed by atoms with Crippen molar-refractivity contribution in [1.29, 1.82) is 0 Å². The molecule has 0 saturated heterocycles. The monoisotopic (exact) mass is 275 g/mol. The summed E-state index contributed by atoms with van der Waals surface area (Å²) in [7, 11) is 0. The van der Waals surface area contributed by atoms with Gasteiger partial charge in [-0.25, -0.2) is 0 Å². The standard InChI is InChI=1S/C18H29NO/c1-12(2)20-16-7-9-18(15(5)11-16)19-17-8-6-13(3)10-14(17)4/h7,9,11-14,17,19H,6,8,10H2,1-5H3. The van der Waals surface area contributed by atoms with Crippen LogP contribution in [-0.2, 0) is 0 Å². The van der Waals surface area contributed by atoms with Crippen LogP contribution in [0, 0.1) is 18.8 Å². The summed E-state index contributed by atoms with van der Waals surface area (Å²) in [6.07, 6.45) is 4.19. The van der Waals surface area contributed by atoms with Crippen molar-refractivity contribution in [1.82, 2.24) is 0 Å². The topological polar surface area (TPSA) is 21.3 Å². The average Bonchev–Trinajstić information content (AvgIpc) is 2.34. The van der Waals surface area contributed by atoms with Crippen molar-refractivity contribution in [2.45, 2.75) is 66.0 Å². The molecule has 0 bridgehead atoms. The Labute approximate surface area is 123 Å². The van der Waals surface area contributed by atoms with E-state index < -0.39 is 0 Å². The summed E-state index contributed by atoms with van der Waals surface area (Å²) in [5.41, 5.74) is 2.53. The molecule has 2 nitrogen and oxygen atoms in total. The lowest BCUT2D eigenvalue weighted by Gasteiger charge is -2.34. The summed E-state index contributed by atoms with van der Waals surface area (Å²) in [6, 6.07) is 6.99. The van der Waals surface area contributed by atoms with Gasteiger partial charge in [-0.15, -0.1) is 0 Å². The number of benzene rings is 1. The van der Waals surface area contributed by atoms with Crippen molar-refractivity contribution in [3.63, 3.8) is 0 Å². The van der Waals surface area contributed by atoms with Crippen LogP contribution in [0.15, 0.2) is 18.2 Å². The number of hydrogen-bond donors (Lipinski definition) is 1. The Balaban J connectivity index is 2.02. The smallest absolute Gasteiger partial charge is 0.120 e. The zero-order valence-electron chi connectivity index (χ0n) is 13.6. The second-order valence-corrected chi connectivity index (χ2v) is 6.79. The number of rotatable bonds is 4. The van der Waals surface area contributed by atoms with Crippen LogP contribution in [0.1, 0.15) is 52.5 Å².